The van der Waals surface area contributed by atoms with Crippen molar-refractivity contribution in [3.8, 4) is 0 Å². The molecule has 3 rings (SSSR count). The molecule has 3 unspecified atom stereocenters. The van der Waals surface area contributed by atoms with Gasteiger partial charge in [-0.1, -0.05) is 36.6 Å². The Balaban J connectivity index is 1.85. The summed E-state index contributed by atoms with van der Waals surface area (Å²) < 4.78 is 5.92. The van der Waals surface area contributed by atoms with Crippen LogP contribution in [0.15, 0.2) is 24.3 Å². The topological polar surface area (TPSA) is 9.23 Å². The fourth-order valence-corrected chi connectivity index (χ4v) is 3.42. The van der Waals surface area contributed by atoms with E-state index < -0.39 is 0 Å². The number of halogens is 1. The molecule has 2 aliphatic rings. The lowest BCUT2D eigenvalue weighted by Gasteiger charge is -2.27. The molecule has 0 aromatic heterocycles. The van der Waals surface area contributed by atoms with Gasteiger partial charge in [-0.25, -0.2) is 0 Å². The Hall–Kier alpha value is -0.530. The first-order valence-electron chi connectivity index (χ1n) is 6.21. The van der Waals surface area contributed by atoms with E-state index in [1.165, 1.54) is 31.2 Å². The van der Waals surface area contributed by atoms with Crippen molar-refractivity contribution in [1.29, 1.82) is 0 Å². The Morgan fingerprint density at radius 2 is 2.06 bits per heavy atom. The Morgan fingerprint density at radius 1 is 1.19 bits per heavy atom. The normalized spacial score (nSPS) is 33.7. The highest BCUT2D eigenvalue weighted by Gasteiger charge is 2.39. The summed E-state index contributed by atoms with van der Waals surface area (Å²) >= 11 is 6.06. The number of ether oxygens (including phenoxy) is 1. The Labute approximate surface area is 102 Å². The smallest absolute Gasteiger partial charge is 0.0610 e. The predicted octanol–water partition coefficient (Wildman–Crippen LogP) is 4.01. The molecule has 86 valence electrons. The zero-order valence-corrected chi connectivity index (χ0v) is 10.1. The summed E-state index contributed by atoms with van der Waals surface area (Å²) in [5.74, 6) is 1.30. The summed E-state index contributed by atoms with van der Waals surface area (Å²) in [4.78, 5) is 0. The first kappa shape index (κ1) is 10.6. The van der Waals surface area contributed by atoms with Crippen molar-refractivity contribution >= 4 is 11.6 Å². The highest BCUT2D eigenvalue weighted by molar-refractivity contribution is 6.30. The van der Waals surface area contributed by atoms with E-state index in [-0.39, 0.29) is 0 Å². The molecule has 16 heavy (non-hydrogen) atoms. The lowest BCUT2D eigenvalue weighted by Crippen LogP contribution is -2.23. The molecule has 0 radical (unpaired) electrons. The zero-order valence-electron chi connectivity index (χ0n) is 9.36. The Kier molecular flexibility index (Phi) is 2.91. The number of hydrogen-bond acceptors (Lipinski definition) is 1. The summed E-state index contributed by atoms with van der Waals surface area (Å²) in [5.41, 5.74) is 1.36. The highest BCUT2D eigenvalue weighted by atomic mass is 35.5. The number of hydrogen-bond donors (Lipinski definition) is 0. The van der Waals surface area contributed by atoms with E-state index in [0.29, 0.717) is 12.0 Å². The van der Waals surface area contributed by atoms with Gasteiger partial charge in [0, 0.05) is 10.9 Å². The van der Waals surface area contributed by atoms with Crippen molar-refractivity contribution in [3.63, 3.8) is 0 Å². The molecule has 1 nitrogen and oxygen atoms in total. The first-order chi connectivity index (χ1) is 7.84. The fraction of sp³-hybridized carbons (Fsp3) is 0.571. The molecule has 0 amide bonds. The molecule has 1 aliphatic carbocycles. The van der Waals surface area contributed by atoms with Gasteiger partial charge in [0.15, 0.2) is 0 Å². The first-order valence-corrected chi connectivity index (χ1v) is 6.59. The quantitative estimate of drug-likeness (QED) is 0.716. The van der Waals surface area contributed by atoms with E-state index in [4.69, 9.17) is 16.3 Å². The molecule has 3 atom stereocenters. The molecule has 1 saturated heterocycles. The van der Waals surface area contributed by atoms with Crippen molar-refractivity contribution < 1.29 is 4.74 Å². The van der Waals surface area contributed by atoms with Crippen molar-refractivity contribution in [1.82, 2.24) is 0 Å². The maximum Gasteiger partial charge on any atom is 0.0610 e. The van der Waals surface area contributed by atoms with Crippen LogP contribution in [0.1, 0.15) is 37.2 Å². The zero-order chi connectivity index (χ0) is 11.0. The molecule has 0 spiro atoms. The minimum absolute atomic E-state index is 0.512. The van der Waals surface area contributed by atoms with Gasteiger partial charge < -0.3 is 4.74 Å². The van der Waals surface area contributed by atoms with E-state index >= 15 is 0 Å². The van der Waals surface area contributed by atoms with Crippen LogP contribution < -0.4 is 0 Å². The van der Waals surface area contributed by atoms with Crippen molar-refractivity contribution in [2.24, 2.45) is 5.92 Å². The molecular weight excluding hydrogens is 220 g/mol. The maximum absolute atomic E-state index is 6.06. The molecular formula is C14H17ClO. The lowest BCUT2D eigenvalue weighted by atomic mass is 9.77. The van der Waals surface area contributed by atoms with E-state index in [1.54, 1.807) is 0 Å². The maximum atomic E-state index is 6.06. The van der Waals surface area contributed by atoms with E-state index in [0.717, 1.165) is 17.5 Å². The molecule has 2 fully saturated rings. The molecule has 0 bridgehead atoms. The van der Waals surface area contributed by atoms with E-state index in [9.17, 15) is 0 Å². The van der Waals surface area contributed by atoms with Gasteiger partial charge in [-0.3, -0.25) is 0 Å². The van der Waals surface area contributed by atoms with Crippen LogP contribution in [-0.4, -0.2) is 12.7 Å². The number of rotatable bonds is 1. The monoisotopic (exact) mass is 236 g/mol. The third kappa shape index (κ3) is 1.87. The van der Waals surface area contributed by atoms with Gasteiger partial charge in [0.05, 0.1) is 12.7 Å². The molecule has 1 aliphatic heterocycles. The van der Waals surface area contributed by atoms with Crippen LogP contribution in [0, 0.1) is 5.92 Å². The van der Waals surface area contributed by atoms with Gasteiger partial charge >= 0.3 is 0 Å². The average Bonchev–Trinajstić information content (AvgIpc) is 2.72. The summed E-state index contributed by atoms with van der Waals surface area (Å²) in [5, 5.41) is 0.844. The standard InChI is InChI=1S/C14H17ClO/c15-11-5-3-4-10(8-11)13-9-16-14-7-2-1-6-12(13)14/h3-5,8,12-14H,1-2,6-7,9H2. The van der Waals surface area contributed by atoms with Crippen LogP contribution in [0.3, 0.4) is 0 Å². The van der Waals surface area contributed by atoms with Crippen molar-refractivity contribution in [2.45, 2.75) is 37.7 Å². The van der Waals surface area contributed by atoms with Gasteiger partial charge in [0.2, 0.25) is 0 Å². The minimum atomic E-state index is 0.512. The van der Waals surface area contributed by atoms with Crippen LogP contribution in [-0.2, 0) is 4.74 Å². The lowest BCUT2D eigenvalue weighted by molar-refractivity contribution is 0.0663. The largest absolute Gasteiger partial charge is 0.377 e. The summed E-state index contributed by atoms with van der Waals surface area (Å²) in [6, 6.07) is 8.29. The van der Waals surface area contributed by atoms with Gasteiger partial charge in [0.1, 0.15) is 0 Å². The molecule has 0 N–H and O–H groups in total. The van der Waals surface area contributed by atoms with E-state index in [1.807, 2.05) is 12.1 Å². The van der Waals surface area contributed by atoms with Gasteiger partial charge in [-0.2, -0.15) is 0 Å². The number of benzene rings is 1. The van der Waals surface area contributed by atoms with Gasteiger partial charge in [-0.05, 0) is 36.5 Å². The fourth-order valence-electron chi connectivity index (χ4n) is 3.22. The van der Waals surface area contributed by atoms with Gasteiger partial charge in [0.25, 0.3) is 0 Å². The van der Waals surface area contributed by atoms with Crippen molar-refractivity contribution in [2.75, 3.05) is 6.61 Å². The number of fused-ring (bicyclic) bond motifs is 1. The SMILES string of the molecule is Clc1cccc(C2COC3CCCCC32)c1. The summed E-state index contributed by atoms with van der Waals surface area (Å²) in [7, 11) is 0. The third-order valence-electron chi connectivity index (χ3n) is 4.04. The summed E-state index contributed by atoms with van der Waals surface area (Å²) in [6.07, 6.45) is 5.78. The second-order valence-corrected chi connectivity index (χ2v) is 5.42. The van der Waals surface area contributed by atoms with Crippen LogP contribution in [0.4, 0.5) is 0 Å². The van der Waals surface area contributed by atoms with Crippen LogP contribution >= 0.6 is 11.6 Å². The molecule has 1 saturated carbocycles. The van der Waals surface area contributed by atoms with E-state index in [2.05, 4.69) is 12.1 Å². The molecule has 1 aromatic rings. The molecule has 1 heterocycles. The molecule has 1 aromatic carbocycles. The third-order valence-corrected chi connectivity index (χ3v) is 4.27. The van der Waals surface area contributed by atoms with Crippen molar-refractivity contribution in [3.05, 3.63) is 34.9 Å². The predicted molar refractivity (Wildman–Crippen MR) is 65.9 cm³/mol. The minimum Gasteiger partial charge on any atom is -0.377 e. The van der Waals surface area contributed by atoms with Gasteiger partial charge in [-0.15, -0.1) is 0 Å². The Morgan fingerprint density at radius 3 is 2.94 bits per heavy atom. The van der Waals surface area contributed by atoms with Crippen LogP contribution in [0.2, 0.25) is 5.02 Å². The summed E-state index contributed by atoms with van der Waals surface area (Å²) in [6.45, 7) is 0.885. The second kappa shape index (κ2) is 4.38. The van der Waals surface area contributed by atoms with Crippen LogP contribution in [0.5, 0.6) is 0 Å². The van der Waals surface area contributed by atoms with Crippen LogP contribution in [0.25, 0.3) is 0 Å². The average molecular weight is 237 g/mol. The second-order valence-electron chi connectivity index (χ2n) is 4.98. The highest BCUT2D eigenvalue weighted by Crippen LogP contribution is 2.43. The molecule has 2 heteroatoms. The Bertz CT molecular complexity index is 377.